The van der Waals surface area contributed by atoms with Crippen LogP contribution in [-0.2, 0) is 0 Å². The Labute approximate surface area is 154 Å². The molecule has 1 aliphatic rings. The van der Waals surface area contributed by atoms with Gasteiger partial charge in [0.05, 0.1) is 12.2 Å². The maximum absolute atomic E-state index is 4.78. The average molecular weight is 402 g/mol. The average Bonchev–Trinajstić information content (AvgIpc) is 3.02. The minimum Gasteiger partial charge on any atom is -0.253 e. The molecule has 124 valence electrons. The van der Waals surface area contributed by atoms with Crippen molar-refractivity contribution in [3.63, 3.8) is 0 Å². The molecule has 3 rings (SSSR count). The monoisotopic (exact) mass is 401 g/mol. The first-order valence-electron chi connectivity index (χ1n) is 8.06. The Kier molecular flexibility index (Phi) is 5.99. The zero-order valence-electron chi connectivity index (χ0n) is 13.4. The van der Waals surface area contributed by atoms with Crippen molar-refractivity contribution in [2.24, 2.45) is 16.0 Å². The predicted molar refractivity (Wildman–Crippen MR) is 106 cm³/mol. The molecule has 0 saturated heterocycles. The fraction of sp³-hybridized carbons (Fsp3) is 0.263. The number of thiazole rings is 1. The van der Waals surface area contributed by atoms with Gasteiger partial charge in [0.1, 0.15) is 0 Å². The lowest BCUT2D eigenvalue weighted by Crippen LogP contribution is -2.14. The van der Waals surface area contributed by atoms with Crippen molar-refractivity contribution >= 4 is 33.5 Å². The molecule has 0 bridgehead atoms. The van der Waals surface area contributed by atoms with E-state index in [4.69, 9.17) is 5.10 Å². The Balaban J connectivity index is 2.02. The van der Waals surface area contributed by atoms with E-state index in [1.807, 2.05) is 22.9 Å². The molecule has 0 spiro atoms. The maximum atomic E-state index is 4.78. The van der Waals surface area contributed by atoms with Gasteiger partial charge in [0.2, 0.25) is 4.80 Å². The summed E-state index contributed by atoms with van der Waals surface area (Å²) in [6.07, 6.45) is 11.7. The molecule has 1 aromatic heterocycles. The van der Waals surface area contributed by atoms with Crippen LogP contribution in [0.5, 0.6) is 0 Å². The van der Waals surface area contributed by atoms with Crippen LogP contribution in [-0.4, -0.2) is 17.4 Å². The summed E-state index contributed by atoms with van der Waals surface area (Å²) in [5.41, 5.74) is 2.17. The molecule has 0 N–H and O–H groups in total. The van der Waals surface area contributed by atoms with Crippen LogP contribution in [0.3, 0.4) is 0 Å². The van der Waals surface area contributed by atoms with Gasteiger partial charge in [-0.05, 0) is 31.2 Å². The Morgan fingerprint density at radius 2 is 2.21 bits per heavy atom. The quantitative estimate of drug-likeness (QED) is 0.483. The molecule has 0 radical (unpaired) electrons. The Bertz CT molecular complexity index is 829. The lowest BCUT2D eigenvalue weighted by Gasteiger charge is -2.12. The largest absolute Gasteiger partial charge is 0.253 e. The van der Waals surface area contributed by atoms with E-state index in [0.29, 0.717) is 12.5 Å². The molecule has 1 aliphatic carbocycles. The SMILES string of the molecule is C=CCN=c1scc(-c2ccccc2Br)n1N=CC1CC=CCC1. The molecule has 0 amide bonds. The van der Waals surface area contributed by atoms with Crippen molar-refractivity contribution < 1.29 is 0 Å². The van der Waals surface area contributed by atoms with Gasteiger partial charge in [0, 0.05) is 21.6 Å². The van der Waals surface area contributed by atoms with Crippen molar-refractivity contribution in [1.82, 2.24) is 4.68 Å². The van der Waals surface area contributed by atoms with Crippen molar-refractivity contribution in [3.8, 4) is 11.3 Å². The van der Waals surface area contributed by atoms with Gasteiger partial charge in [-0.2, -0.15) is 5.10 Å². The number of benzene rings is 1. The minimum absolute atomic E-state index is 0.502. The lowest BCUT2D eigenvalue weighted by molar-refractivity contribution is 0.621. The summed E-state index contributed by atoms with van der Waals surface area (Å²) in [7, 11) is 0. The van der Waals surface area contributed by atoms with Gasteiger partial charge < -0.3 is 0 Å². The second-order valence-corrected chi connectivity index (χ2v) is 7.32. The van der Waals surface area contributed by atoms with E-state index in [1.54, 1.807) is 17.4 Å². The number of hydrogen-bond donors (Lipinski definition) is 0. The maximum Gasteiger partial charge on any atom is 0.206 e. The molecular formula is C19H20BrN3S. The van der Waals surface area contributed by atoms with Gasteiger partial charge in [-0.3, -0.25) is 4.99 Å². The molecule has 1 unspecified atom stereocenters. The van der Waals surface area contributed by atoms with Gasteiger partial charge in [-0.1, -0.05) is 52.4 Å². The van der Waals surface area contributed by atoms with E-state index >= 15 is 0 Å². The molecule has 3 nitrogen and oxygen atoms in total. The van der Waals surface area contributed by atoms with E-state index in [9.17, 15) is 0 Å². The minimum atomic E-state index is 0.502. The van der Waals surface area contributed by atoms with Crippen LogP contribution in [0, 0.1) is 5.92 Å². The van der Waals surface area contributed by atoms with Crippen LogP contribution >= 0.6 is 27.3 Å². The Morgan fingerprint density at radius 1 is 1.33 bits per heavy atom. The summed E-state index contributed by atoms with van der Waals surface area (Å²) in [6, 6.07) is 8.20. The molecular weight excluding hydrogens is 382 g/mol. The number of aromatic nitrogens is 1. The van der Waals surface area contributed by atoms with Crippen molar-refractivity contribution in [1.29, 1.82) is 0 Å². The van der Waals surface area contributed by atoms with Crippen molar-refractivity contribution in [3.05, 3.63) is 63.7 Å². The molecule has 24 heavy (non-hydrogen) atoms. The molecule has 2 aromatic rings. The third-order valence-corrected chi connectivity index (χ3v) is 5.44. The van der Waals surface area contributed by atoms with E-state index in [1.165, 1.54) is 0 Å². The van der Waals surface area contributed by atoms with Crippen LogP contribution in [0.4, 0.5) is 0 Å². The highest BCUT2D eigenvalue weighted by molar-refractivity contribution is 9.10. The van der Waals surface area contributed by atoms with Crippen LogP contribution in [0.1, 0.15) is 19.3 Å². The molecule has 0 fully saturated rings. The third-order valence-electron chi connectivity index (χ3n) is 3.89. The standard InChI is InChI=1S/C19H20BrN3S/c1-2-12-21-19-23(22-13-15-8-4-3-5-9-15)18(14-24-19)16-10-6-7-11-17(16)20/h2-4,6-7,10-11,13-15H,1,5,8-9,12H2. The second kappa shape index (κ2) is 8.40. The van der Waals surface area contributed by atoms with E-state index in [2.05, 4.69) is 57.3 Å². The predicted octanol–water partition coefficient (Wildman–Crippen LogP) is 5.26. The highest BCUT2D eigenvalue weighted by Crippen LogP contribution is 2.28. The summed E-state index contributed by atoms with van der Waals surface area (Å²) < 4.78 is 3.01. The molecule has 5 heteroatoms. The second-order valence-electron chi connectivity index (χ2n) is 5.63. The zero-order valence-corrected chi connectivity index (χ0v) is 15.8. The number of allylic oxidation sites excluding steroid dienone is 2. The first-order valence-corrected chi connectivity index (χ1v) is 9.73. The van der Waals surface area contributed by atoms with E-state index in [0.717, 1.165) is 39.8 Å². The van der Waals surface area contributed by atoms with Crippen LogP contribution < -0.4 is 4.80 Å². The third kappa shape index (κ3) is 4.02. The van der Waals surface area contributed by atoms with Crippen molar-refractivity contribution in [2.45, 2.75) is 19.3 Å². The fourth-order valence-electron chi connectivity index (χ4n) is 2.63. The molecule has 1 aromatic carbocycles. The number of halogens is 1. The fourth-order valence-corrected chi connectivity index (χ4v) is 3.96. The van der Waals surface area contributed by atoms with Crippen LogP contribution in [0.2, 0.25) is 0 Å². The van der Waals surface area contributed by atoms with Gasteiger partial charge in [0.25, 0.3) is 0 Å². The van der Waals surface area contributed by atoms with Crippen molar-refractivity contribution in [2.75, 3.05) is 6.54 Å². The number of nitrogens with zero attached hydrogens (tertiary/aromatic N) is 3. The van der Waals surface area contributed by atoms with Crippen LogP contribution in [0.15, 0.2) is 69.0 Å². The first-order chi connectivity index (χ1) is 11.8. The smallest absolute Gasteiger partial charge is 0.206 e. The highest BCUT2D eigenvalue weighted by atomic mass is 79.9. The summed E-state index contributed by atoms with van der Waals surface area (Å²) in [4.78, 5) is 5.48. The van der Waals surface area contributed by atoms with Gasteiger partial charge in [-0.25, -0.2) is 4.68 Å². The molecule has 1 atom stereocenters. The highest BCUT2D eigenvalue weighted by Gasteiger charge is 2.11. The lowest BCUT2D eigenvalue weighted by atomic mass is 9.96. The first kappa shape index (κ1) is 17.1. The van der Waals surface area contributed by atoms with E-state index < -0.39 is 0 Å². The normalized spacial score (nSPS) is 18.4. The van der Waals surface area contributed by atoms with Gasteiger partial charge in [-0.15, -0.1) is 17.9 Å². The molecule has 1 heterocycles. The summed E-state index contributed by atoms with van der Waals surface area (Å²) in [5.74, 6) is 0.502. The van der Waals surface area contributed by atoms with Gasteiger partial charge in [0.15, 0.2) is 0 Å². The number of rotatable bonds is 5. The summed E-state index contributed by atoms with van der Waals surface area (Å²) in [5, 5.41) is 6.89. The number of hydrogen-bond acceptors (Lipinski definition) is 3. The zero-order chi connectivity index (χ0) is 16.8. The Morgan fingerprint density at radius 3 is 2.96 bits per heavy atom. The molecule has 0 saturated carbocycles. The summed E-state index contributed by atoms with van der Waals surface area (Å²) in [6.45, 7) is 4.35. The summed E-state index contributed by atoms with van der Waals surface area (Å²) >= 11 is 5.25. The molecule has 0 aliphatic heterocycles. The Hall–Kier alpha value is -1.72. The topological polar surface area (TPSA) is 29.6 Å². The van der Waals surface area contributed by atoms with E-state index in [-0.39, 0.29) is 0 Å². The van der Waals surface area contributed by atoms with Gasteiger partial charge >= 0.3 is 0 Å². The van der Waals surface area contributed by atoms with Crippen LogP contribution in [0.25, 0.3) is 11.3 Å².